The van der Waals surface area contributed by atoms with Crippen molar-refractivity contribution in [3.05, 3.63) is 11.6 Å². The van der Waals surface area contributed by atoms with Gasteiger partial charge >= 0.3 is 11.9 Å². The molecule has 1 rings (SSSR count). The summed E-state index contributed by atoms with van der Waals surface area (Å²) in [6, 6.07) is 0. The smallest absolute Gasteiger partial charge is 0.334 e. The largest absolute Gasteiger partial charge is 0.478 e. The number of hydrogen-bond donors (Lipinski definition) is 1. The Morgan fingerprint density at radius 2 is 1.91 bits per heavy atom. The van der Waals surface area contributed by atoms with E-state index in [9.17, 15) is 9.59 Å². The van der Waals surface area contributed by atoms with Gasteiger partial charge in [-0.05, 0) is 39.7 Å². The highest BCUT2D eigenvalue weighted by molar-refractivity contribution is 5.95. The van der Waals surface area contributed by atoms with Crippen molar-refractivity contribution in [2.75, 3.05) is 32.8 Å². The van der Waals surface area contributed by atoms with Gasteiger partial charge < -0.3 is 14.6 Å². The van der Waals surface area contributed by atoms with Crippen LogP contribution in [0, 0.1) is 0 Å². The predicted octanol–water partition coefficient (Wildman–Crippen LogP) is 1.84. The van der Waals surface area contributed by atoms with E-state index in [1.54, 1.807) is 13.8 Å². The van der Waals surface area contributed by atoms with Gasteiger partial charge in [0.15, 0.2) is 0 Å². The van der Waals surface area contributed by atoms with Crippen molar-refractivity contribution in [3.8, 4) is 0 Å². The molecule has 1 saturated heterocycles. The fraction of sp³-hybridized carbons (Fsp3) is 0.750. The summed E-state index contributed by atoms with van der Waals surface area (Å²) in [5.74, 6) is -1.63. The number of aliphatic carboxylic acids is 1. The zero-order chi connectivity index (χ0) is 16.4. The van der Waals surface area contributed by atoms with E-state index in [0.717, 1.165) is 58.2 Å². The molecule has 1 aliphatic heterocycles. The van der Waals surface area contributed by atoms with Crippen LogP contribution in [0.25, 0.3) is 0 Å². The van der Waals surface area contributed by atoms with E-state index in [1.807, 2.05) is 0 Å². The molecule has 1 aliphatic rings. The average molecular weight is 313 g/mol. The maximum Gasteiger partial charge on any atom is 0.334 e. The van der Waals surface area contributed by atoms with Crippen LogP contribution in [0.4, 0.5) is 0 Å². The standard InChI is InChI=1S/C16H27NO5/c1-13(2)22-16(20)14(12-15(18)19)6-4-3-5-7-17-8-10-21-11-9-17/h12-13H,3-11H2,1-2H3,(H,18,19)/b14-12+. The summed E-state index contributed by atoms with van der Waals surface area (Å²) in [5.41, 5.74) is 0.243. The molecule has 6 heteroatoms. The van der Waals surface area contributed by atoms with Gasteiger partial charge in [-0.25, -0.2) is 9.59 Å². The molecular weight excluding hydrogens is 286 g/mol. The van der Waals surface area contributed by atoms with E-state index >= 15 is 0 Å². The van der Waals surface area contributed by atoms with Crippen molar-refractivity contribution in [2.24, 2.45) is 0 Å². The van der Waals surface area contributed by atoms with Gasteiger partial charge in [0.05, 0.1) is 19.3 Å². The van der Waals surface area contributed by atoms with Gasteiger partial charge in [-0.15, -0.1) is 0 Å². The molecular formula is C16H27NO5. The molecule has 1 N–H and O–H groups in total. The molecule has 1 fully saturated rings. The van der Waals surface area contributed by atoms with Gasteiger partial charge in [0.25, 0.3) is 0 Å². The van der Waals surface area contributed by atoms with E-state index < -0.39 is 11.9 Å². The minimum absolute atomic E-state index is 0.243. The van der Waals surface area contributed by atoms with E-state index in [0.29, 0.717) is 6.42 Å². The summed E-state index contributed by atoms with van der Waals surface area (Å²) in [6.45, 7) is 8.07. The molecule has 6 nitrogen and oxygen atoms in total. The number of rotatable bonds is 9. The highest BCUT2D eigenvalue weighted by atomic mass is 16.5. The number of carboxylic acid groups (broad SMARTS) is 1. The first kappa shape index (κ1) is 18.6. The molecule has 0 saturated carbocycles. The number of nitrogens with zero attached hydrogens (tertiary/aromatic N) is 1. The van der Waals surface area contributed by atoms with Crippen LogP contribution in [0.2, 0.25) is 0 Å². The fourth-order valence-corrected chi connectivity index (χ4v) is 2.32. The molecule has 0 spiro atoms. The molecule has 22 heavy (non-hydrogen) atoms. The SMILES string of the molecule is CC(C)OC(=O)/C(=C/C(=O)O)CCCCCN1CCOCC1. The van der Waals surface area contributed by atoms with Crippen molar-refractivity contribution in [1.29, 1.82) is 0 Å². The first-order valence-corrected chi connectivity index (χ1v) is 7.93. The summed E-state index contributed by atoms with van der Waals surface area (Å²) in [7, 11) is 0. The highest BCUT2D eigenvalue weighted by Crippen LogP contribution is 2.13. The zero-order valence-corrected chi connectivity index (χ0v) is 13.5. The summed E-state index contributed by atoms with van der Waals surface area (Å²) in [4.78, 5) is 25.0. The first-order valence-electron chi connectivity index (χ1n) is 7.93. The van der Waals surface area contributed by atoms with E-state index in [1.165, 1.54) is 0 Å². The molecule has 0 amide bonds. The second kappa shape index (κ2) is 10.3. The number of unbranched alkanes of at least 4 members (excludes halogenated alkanes) is 2. The van der Waals surface area contributed by atoms with Crippen LogP contribution < -0.4 is 0 Å². The second-order valence-corrected chi connectivity index (χ2v) is 5.73. The molecule has 0 aromatic heterocycles. The minimum atomic E-state index is -1.11. The van der Waals surface area contributed by atoms with E-state index in [2.05, 4.69) is 4.90 Å². The fourth-order valence-electron chi connectivity index (χ4n) is 2.32. The lowest BCUT2D eigenvalue weighted by Crippen LogP contribution is -2.36. The van der Waals surface area contributed by atoms with Crippen LogP contribution in [0.1, 0.15) is 39.5 Å². The Morgan fingerprint density at radius 1 is 1.23 bits per heavy atom. The van der Waals surface area contributed by atoms with Gasteiger partial charge in [-0.3, -0.25) is 4.90 Å². The van der Waals surface area contributed by atoms with Crippen molar-refractivity contribution in [3.63, 3.8) is 0 Å². The lowest BCUT2D eigenvalue weighted by Gasteiger charge is -2.26. The Hall–Kier alpha value is -1.40. The normalized spacial score (nSPS) is 16.8. The summed E-state index contributed by atoms with van der Waals surface area (Å²) < 4.78 is 10.4. The van der Waals surface area contributed by atoms with Crippen LogP contribution in [0.5, 0.6) is 0 Å². The third-order valence-corrected chi connectivity index (χ3v) is 3.43. The molecule has 1 heterocycles. The maximum atomic E-state index is 11.8. The number of carboxylic acids is 1. The summed E-state index contributed by atoms with van der Waals surface area (Å²) >= 11 is 0. The summed E-state index contributed by atoms with van der Waals surface area (Å²) in [5, 5.41) is 8.84. The zero-order valence-electron chi connectivity index (χ0n) is 13.5. The van der Waals surface area contributed by atoms with Gasteiger partial charge in [-0.2, -0.15) is 0 Å². The van der Waals surface area contributed by atoms with Gasteiger partial charge in [0.2, 0.25) is 0 Å². The van der Waals surface area contributed by atoms with Gasteiger partial charge in [-0.1, -0.05) is 6.42 Å². The topological polar surface area (TPSA) is 76.1 Å². The van der Waals surface area contributed by atoms with Crippen LogP contribution in [-0.2, 0) is 19.1 Å². The van der Waals surface area contributed by atoms with E-state index in [4.69, 9.17) is 14.6 Å². The molecule has 0 aliphatic carbocycles. The van der Waals surface area contributed by atoms with Crippen molar-refractivity contribution >= 4 is 11.9 Å². The molecule has 0 radical (unpaired) electrons. The number of hydrogen-bond acceptors (Lipinski definition) is 5. The first-order chi connectivity index (χ1) is 10.5. The Labute approximate surface area is 132 Å². The number of esters is 1. The highest BCUT2D eigenvalue weighted by Gasteiger charge is 2.14. The Balaban J connectivity index is 2.28. The lowest BCUT2D eigenvalue weighted by molar-refractivity contribution is -0.143. The number of ether oxygens (including phenoxy) is 2. The number of morpholine rings is 1. The van der Waals surface area contributed by atoms with Crippen molar-refractivity contribution in [2.45, 2.75) is 45.6 Å². The van der Waals surface area contributed by atoms with Gasteiger partial charge in [0, 0.05) is 24.7 Å². The molecule has 0 unspecified atom stereocenters. The molecule has 0 aromatic rings. The second-order valence-electron chi connectivity index (χ2n) is 5.73. The van der Waals surface area contributed by atoms with Crippen LogP contribution in [0.15, 0.2) is 11.6 Å². The Morgan fingerprint density at radius 3 is 2.50 bits per heavy atom. The predicted molar refractivity (Wildman–Crippen MR) is 82.7 cm³/mol. The quantitative estimate of drug-likeness (QED) is 0.398. The molecule has 0 atom stereocenters. The van der Waals surface area contributed by atoms with Crippen LogP contribution >= 0.6 is 0 Å². The third kappa shape index (κ3) is 8.14. The monoisotopic (exact) mass is 313 g/mol. The average Bonchev–Trinajstić information content (AvgIpc) is 2.45. The van der Waals surface area contributed by atoms with Gasteiger partial charge in [0.1, 0.15) is 0 Å². The van der Waals surface area contributed by atoms with Crippen LogP contribution in [-0.4, -0.2) is 60.9 Å². The lowest BCUT2D eigenvalue weighted by atomic mass is 10.1. The molecule has 0 aromatic carbocycles. The minimum Gasteiger partial charge on any atom is -0.478 e. The number of carbonyl (C=O) groups excluding carboxylic acids is 1. The Kier molecular flexibility index (Phi) is 8.77. The van der Waals surface area contributed by atoms with Crippen molar-refractivity contribution in [1.82, 2.24) is 4.90 Å². The summed E-state index contributed by atoms with van der Waals surface area (Å²) in [6.07, 6.45) is 3.96. The van der Waals surface area contributed by atoms with Crippen molar-refractivity contribution < 1.29 is 24.2 Å². The third-order valence-electron chi connectivity index (χ3n) is 3.43. The molecule has 0 bridgehead atoms. The molecule has 126 valence electrons. The van der Waals surface area contributed by atoms with E-state index in [-0.39, 0.29) is 11.7 Å². The maximum absolute atomic E-state index is 11.8. The van der Waals surface area contributed by atoms with Crippen LogP contribution in [0.3, 0.4) is 0 Å². The Bertz CT molecular complexity index is 386. The number of carbonyl (C=O) groups is 2.